The maximum Gasteiger partial charge on any atom is 0.161 e. The summed E-state index contributed by atoms with van der Waals surface area (Å²) in [4.78, 5) is 9.08. The van der Waals surface area contributed by atoms with Crippen LogP contribution in [0.3, 0.4) is 0 Å². The van der Waals surface area contributed by atoms with Gasteiger partial charge in [-0.15, -0.1) is 0 Å². The molecule has 0 unspecified atom stereocenters. The molecular formula is C14H16ClN5. The molecule has 104 valence electrons. The largest absolute Gasteiger partial charge is 0.335 e. The van der Waals surface area contributed by atoms with Gasteiger partial charge in [-0.05, 0) is 25.1 Å². The lowest BCUT2D eigenvalue weighted by atomic mass is 10.3. The fraction of sp³-hybridized carbons (Fsp3) is 0.286. The van der Waals surface area contributed by atoms with Crippen LogP contribution in [-0.4, -0.2) is 25.6 Å². The maximum atomic E-state index is 6.03. The lowest BCUT2D eigenvalue weighted by molar-refractivity contribution is 0.707. The molecule has 0 amide bonds. The van der Waals surface area contributed by atoms with Gasteiger partial charge in [-0.3, -0.25) is 0 Å². The van der Waals surface area contributed by atoms with E-state index in [9.17, 15) is 0 Å². The Balaban J connectivity index is 2.13. The van der Waals surface area contributed by atoms with E-state index in [-0.39, 0.29) is 0 Å². The van der Waals surface area contributed by atoms with Crippen LogP contribution in [0.1, 0.15) is 6.92 Å². The first kappa shape index (κ1) is 13.1. The van der Waals surface area contributed by atoms with Gasteiger partial charge in [0.15, 0.2) is 5.82 Å². The van der Waals surface area contributed by atoms with Crippen molar-refractivity contribution >= 4 is 22.6 Å². The van der Waals surface area contributed by atoms with Gasteiger partial charge in [0.25, 0.3) is 0 Å². The van der Waals surface area contributed by atoms with E-state index in [1.807, 2.05) is 29.0 Å². The number of halogens is 1. The molecule has 3 aromatic rings. The number of imidazole rings is 2. The van der Waals surface area contributed by atoms with Crippen molar-refractivity contribution in [3.8, 4) is 11.5 Å². The Kier molecular flexibility index (Phi) is 3.46. The van der Waals surface area contributed by atoms with Crippen LogP contribution >= 0.6 is 11.6 Å². The van der Waals surface area contributed by atoms with Crippen LogP contribution in [0, 0.1) is 0 Å². The van der Waals surface area contributed by atoms with Crippen molar-refractivity contribution in [2.75, 3.05) is 6.54 Å². The highest BCUT2D eigenvalue weighted by molar-refractivity contribution is 6.31. The van der Waals surface area contributed by atoms with Gasteiger partial charge in [0, 0.05) is 30.9 Å². The molecule has 2 N–H and O–H groups in total. The zero-order valence-electron chi connectivity index (χ0n) is 11.3. The lowest BCUT2D eigenvalue weighted by Crippen LogP contribution is -2.07. The Labute approximate surface area is 122 Å². The van der Waals surface area contributed by atoms with Gasteiger partial charge in [0.05, 0.1) is 17.4 Å². The van der Waals surface area contributed by atoms with Crippen molar-refractivity contribution < 1.29 is 0 Å². The van der Waals surface area contributed by atoms with Crippen molar-refractivity contribution in [2.45, 2.75) is 20.0 Å². The van der Waals surface area contributed by atoms with E-state index >= 15 is 0 Å². The normalized spacial score (nSPS) is 11.3. The standard InChI is InChI=1S/C14H16ClN5/c1-2-20-13-4-3-10(15)7-11(13)18-14(20)12-8-19(6-5-16)9-17-12/h3-4,7-9H,2,5-6,16H2,1H3. The van der Waals surface area contributed by atoms with Gasteiger partial charge in [-0.1, -0.05) is 11.6 Å². The Morgan fingerprint density at radius 1 is 1.35 bits per heavy atom. The molecule has 3 rings (SSSR count). The number of rotatable bonds is 4. The third kappa shape index (κ3) is 2.19. The molecule has 0 spiro atoms. The molecule has 0 aliphatic rings. The maximum absolute atomic E-state index is 6.03. The molecule has 0 bridgehead atoms. The molecule has 2 aromatic heterocycles. The van der Waals surface area contributed by atoms with E-state index in [1.54, 1.807) is 6.33 Å². The van der Waals surface area contributed by atoms with Crippen LogP contribution in [0.4, 0.5) is 0 Å². The highest BCUT2D eigenvalue weighted by Crippen LogP contribution is 2.25. The van der Waals surface area contributed by atoms with E-state index in [1.165, 1.54) is 0 Å². The fourth-order valence-corrected chi connectivity index (χ4v) is 2.53. The van der Waals surface area contributed by atoms with E-state index in [0.717, 1.165) is 35.6 Å². The van der Waals surface area contributed by atoms with E-state index in [2.05, 4.69) is 21.5 Å². The number of hydrogen-bond acceptors (Lipinski definition) is 3. The number of benzene rings is 1. The van der Waals surface area contributed by atoms with Crippen LogP contribution in [0.15, 0.2) is 30.7 Å². The predicted octanol–water partition coefficient (Wildman–Crippen LogP) is 2.53. The minimum atomic E-state index is 0.593. The fourth-order valence-electron chi connectivity index (χ4n) is 2.37. The second-order valence-electron chi connectivity index (χ2n) is 4.60. The molecule has 0 atom stereocenters. The van der Waals surface area contributed by atoms with Gasteiger partial charge in [0.1, 0.15) is 5.69 Å². The highest BCUT2D eigenvalue weighted by atomic mass is 35.5. The molecule has 0 aliphatic carbocycles. The number of aryl methyl sites for hydroxylation is 1. The molecular weight excluding hydrogens is 274 g/mol. The first-order valence-electron chi connectivity index (χ1n) is 6.61. The van der Waals surface area contributed by atoms with Crippen LogP contribution in [-0.2, 0) is 13.1 Å². The molecule has 6 heteroatoms. The van der Waals surface area contributed by atoms with E-state index in [0.29, 0.717) is 11.6 Å². The molecule has 2 heterocycles. The second-order valence-corrected chi connectivity index (χ2v) is 5.03. The van der Waals surface area contributed by atoms with Gasteiger partial charge in [-0.25, -0.2) is 9.97 Å². The van der Waals surface area contributed by atoms with Gasteiger partial charge < -0.3 is 14.9 Å². The first-order valence-corrected chi connectivity index (χ1v) is 6.98. The summed E-state index contributed by atoms with van der Waals surface area (Å²) in [5.74, 6) is 0.862. The number of fused-ring (bicyclic) bond motifs is 1. The summed E-state index contributed by atoms with van der Waals surface area (Å²) in [6.45, 7) is 4.27. The second kappa shape index (κ2) is 5.26. The number of aromatic nitrogens is 4. The Morgan fingerprint density at radius 3 is 2.95 bits per heavy atom. The summed E-state index contributed by atoms with van der Waals surface area (Å²) in [6.07, 6.45) is 3.76. The summed E-state index contributed by atoms with van der Waals surface area (Å²) < 4.78 is 4.11. The Morgan fingerprint density at radius 2 is 2.20 bits per heavy atom. The van der Waals surface area contributed by atoms with Gasteiger partial charge in [-0.2, -0.15) is 0 Å². The average molecular weight is 290 g/mol. The summed E-state index contributed by atoms with van der Waals surface area (Å²) in [6, 6.07) is 5.76. The third-order valence-electron chi connectivity index (χ3n) is 3.28. The molecule has 0 saturated heterocycles. The molecule has 1 aromatic carbocycles. The van der Waals surface area contributed by atoms with Crippen molar-refractivity contribution in [1.82, 2.24) is 19.1 Å². The molecule has 0 fully saturated rings. The topological polar surface area (TPSA) is 61.7 Å². The van der Waals surface area contributed by atoms with Gasteiger partial charge in [0.2, 0.25) is 0 Å². The molecule has 0 aliphatic heterocycles. The highest BCUT2D eigenvalue weighted by Gasteiger charge is 2.13. The summed E-state index contributed by atoms with van der Waals surface area (Å²) >= 11 is 6.03. The lowest BCUT2D eigenvalue weighted by Gasteiger charge is -2.03. The van der Waals surface area contributed by atoms with Crippen LogP contribution in [0.2, 0.25) is 5.02 Å². The van der Waals surface area contributed by atoms with E-state index in [4.69, 9.17) is 17.3 Å². The van der Waals surface area contributed by atoms with Crippen LogP contribution in [0.25, 0.3) is 22.6 Å². The summed E-state index contributed by atoms with van der Waals surface area (Å²) in [5.41, 5.74) is 8.37. The Bertz CT molecular complexity index is 743. The van der Waals surface area contributed by atoms with Crippen molar-refractivity contribution in [1.29, 1.82) is 0 Å². The van der Waals surface area contributed by atoms with Crippen LogP contribution < -0.4 is 5.73 Å². The van der Waals surface area contributed by atoms with Crippen molar-refractivity contribution in [3.05, 3.63) is 35.7 Å². The third-order valence-corrected chi connectivity index (χ3v) is 3.51. The molecule has 20 heavy (non-hydrogen) atoms. The smallest absolute Gasteiger partial charge is 0.161 e. The predicted molar refractivity (Wildman–Crippen MR) is 80.7 cm³/mol. The number of hydrogen-bond donors (Lipinski definition) is 1. The van der Waals surface area contributed by atoms with E-state index < -0.39 is 0 Å². The quantitative estimate of drug-likeness (QED) is 0.803. The molecule has 5 nitrogen and oxygen atoms in total. The van der Waals surface area contributed by atoms with Crippen LogP contribution in [0.5, 0.6) is 0 Å². The molecule has 0 radical (unpaired) electrons. The minimum absolute atomic E-state index is 0.593. The zero-order valence-corrected chi connectivity index (χ0v) is 12.0. The Hall–Kier alpha value is -1.85. The zero-order chi connectivity index (χ0) is 14.1. The monoisotopic (exact) mass is 289 g/mol. The minimum Gasteiger partial charge on any atom is -0.335 e. The van der Waals surface area contributed by atoms with Gasteiger partial charge >= 0.3 is 0 Å². The molecule has 0 saturated carbocycles. The summed E-state index contributed by atoms with van der Waals surface area (Å²) in [5, 5.41) is 0.693. The number of nitrogens with zero attached hydrogens (tertiary/aromatic N) is 4. The summed E-state index contributed by atoms with van der Waals surface area (Å²) in [7, 11) is 0. The SMILES string of the molecule is CCn1c(-c2cn(CCN)cn2)nc2cc(Cl)ccc21. The average Bonchev–Trinajstić information content (AvgIpc) is 3.02. The van der Waals surface area contributed by atoms with Crippen molar-refractivity contribution in [2.24, 2.45) is 5.73 Å². The number of nitrogens with two attached hydrogens (primary N) is 1. The van der Waals surface area contributed by atoms with Crippen molar-refractivity contribution in [3.63, 3.8) is 0 Å². The first-order chi connectivity index (χ1) is 9.72.